The zero-order valence-corrected chi connectivity index (χ0v) is 12.2. The van der Waals surface area contributed by atoms with Gasteiger partial charge in [0.05, 0.1) is 5.92 Å². The van der Waals surface area contributed by atoms with E-state index in [0.29, 0.717) is 13.0 Å². The number of amides is 1. The van der Waals surface area contributed by atoms with Gasteiger partial charge in [-0.05, 0) is 17.5 Å². The molecule has 2 aromatic carbocycles. The molecule has 2 N–H and O–H groups in total. The van der Waals surface area contributed by atoms with Gasteiger partial charge >= 0.3 is 5.97 Å². The van der Waals surface area contributed by atoms with Crippen LogP contribution in [0.25, 0.3) is 0 Å². The predicted octanol–water partition coefficient (Wildman–Crippen LogP) is 2.64. The Kier molecular flexibility index (Phi) is 5.72. The van der Waals surface area contributed by atoms with E-state index in [1.807, 2.05) is 60.7 Å². The largest absolute Gasteiger partial charge is 0.481 e. The first-order chi connectivity index (χ1) is 10.6. The number of carbonyl (C=O) groups is 2. The van der Waals surface area contributed by atoms with Crippen molar-refractivity contribution in [2.45, 2.75) is 19.4 Å². The molecule has 0 bridgehead atoms. The van der Waals surface area contributed by atoms with Gasteiger partial charge in [0.1, 0.15) is 0 Å². The molecule has 0 aromatic heterocycles. The summed E-state index contributed by atoms with van der Waals surface area (Å²) in [6.07, 6.45) is 0.339. The van der Waals surface area contributed by atoms with E-state index in [1.54, 1.807) is 0 Å². The van der Waals surface area contributed by atoms with Crippen LogP contribution in [0.1, 0.15) is 17.5 Å². The fourth-order valence-corrected chi connectivity index (χ4v) is 2.24. The highest BCUT2D eigenvalue weighted by Crippen LogP contribution is 2.13. The number of carboxylic acids is 1. The molecule has 1 atom stereocenters. The molecule has 0 aliphatic rings. The third-order valence-electron chi connectivity index (χ3n) is 3.44. The number of carboxylic acid groups (broad SMARTS) is 1. The van der Waals surface area contributed by atoms with Gasteiger partial charge in [-0.15, -0.1) is 0 Å². The van der Waals surface area contributed by atoms with Crippen molar-refractivity contribution in [2.75, 3.05) is 0 Å². The topological polar surface area (TPSA) is 66.4 Å². The fourth-order valence-electron chi connectivity index (χ4n) is 2.24. The number of rotatable bonds is 7. The molecule has 4 nitrogen and oxygen atoms in total. The van der Waals surface area contributed by atoms with E-state index in [9.17, 15) is 14.7 Å². The third-order valence-corrected chi connectivity index (χ3v) is 3.44. The Labute approximate surface area is 129 Å². The standard InChI is InChI=1S/C18H19NO3/c20-17(19-13-15-9-5-2-6-10-15)12-16(18(21)22)11-14-7-3-1-4-8-14/h1-10,16H,11-13H2,(H,19,20)(H,21,22)/t16-/m1/s1. The van der Waals surface area contributed by atoms with E-state index in [1.165, 1.54) is 0 Å². The summed E-state index contributed by atoms with van der Waals surface area (Å²) in [5.74, 6) is -1.90. The second-order valence-electron chi connectivity index (χ2n) is 5.19. The van der Waals surface area contributed by atoms with Gasteiger partial charge in [-0.1, -0.05) is 60.7 Å². The van der Waals surface area contributed by atoms with Crippen LogP contribution in [-0.4, -0.2) is 17.0 Å². The van der Waals surface area contributed by atoms with Crippen LogP contribution >= 0.6 is 0 Å². The first kappa shape index (κ1) is 15.8. The van der Waals surface area contributed by atoms with Gasteiger partial charge in [0.25, 0.3) is 0 Å². The summed E-state index contributed by atoms with van der Waals surface area (Å²) in [5, 5.41) is 12.1. The molecule has 2 rings (SSSR count). The molecule has 0 aliphatic carbocycles. The molecule has 1 amide bonds. The highest BCUT2D eigenvalue weighted by atomic mass is 16.4. The van der Waals surface area contributed by atoms with Crippen LogP contribution in [0, 0.1) is 5.92 Å². The Morgan fingerprint density at radius 1 is 0.909 bits per heavy atom. The Balaban J connectivity index is 1.88. The van der Waals surface area contributed by atoms with Crippen LogP contribution in [0.2, 0.25) is 0 Å². The maximum Gasteiger partial charge on any atom is 0.307 e. The average Bonchev–Trinajstić information content (AvgIpc) is 2.54. The lowest BCUT2D eigenvalue weighted by Crippen LogP contribution is -2.29. The monoisotopic (exact) mass is 297 g/mol. The van der Waals surface area contributed by atoms with E-state index in [4.69, 9.17) is 0 Å². The van der Waals surface area contributed by atoms with Crippen LogP contribution in [0.5, 0.6) is 0 Å². The lowest BCUT2D eigenvalue weighted by atomic mass is 9.96. The quantitative estimate of drug-likeness (QED) is 0.825. The highest BCUT2D eigenvalue weighted by molar-refractivity contribution is 5.82. The summed E-state index contributed by atoms with van der Waals surface area (Å²) in [6, 6.07) is 18.9. The van der Waals surface area contributed by atoms with Crippen molar-refractivity contribution in [3.05, 3.63) is 71.8 Å². The van der Waals surface area contributed by atoms with Crippen LogP contribution < -0.4 is 5.32 Å². The van der Waals surface area contributed by atoms with Crippen molar-refractivity contribution < 1.29 is 14.7 Å². The minimum Gasteiger partial charge on any atom is -0.481 e. The summed E-state index contributed by atoms with van der Waals surface area (Å²) in [7, 11) is 0. The van der Waals surface area contributed by atoms with Crippen LogP contribution in [0.3, 0.4) is 0 Å². The van der Waals surface area contributed by atoms with Crippen molar-refractivity contribution in [1.29, 1.82) is 0 Å². The van der Waals surface area contributed by atoms with Crippen molar-refractivity contribution in [1.82, 2.24) is 5.32 Å². The summed E-state index contributed by atoms with van der Waals surface area (Å²) in [5.41, 5.74) is 1.91. The lowest BCUT2D eigenvalue weighted by Gasteiger charge is -2.12. The first-order valence-electron chi connectivity index (χ1n) is 7.22. The van der Waals surface area contributed by atoms with Gasteiger partial charge in [0.2, 0.25) is 5.91 Å². The van der Waals surface area contributed by atoms with Gasteiger partial charge in [-0.2, -0.15) is 0 Å². The molecule has 0 radical (unpaired) electrons. The predicted molar refractivity (Wildman–Crippen MR) is 84.2 cm³/mol. The molecule has 0 heterocycles. The minimum absolute atomic E-state index is 0.0168. The number of benzene rings is 2. The molecule has 0 saturated heterocycles. The smallest absolute Gasteiger partial charge is 0.307 e. The Morgan fingerprint density at radius 3 is 2.00 bits per heavy atom. The molecular formula is C18H19NO3. The zero-order chi connectivity index (χ0) is 15.8. The number of nitrogens with one attached hydrogen (secondary N) is 1. The van der Waals surface area contributed by atoms with Crippen molar-refractivity contribution >= 4 is 11.9 Å². The van der Waals surface area contributed by atoms with E-state index >= 15 is 0 Å². The van der Waals surface area contributed by atoms with Gasteiger partial charge < -0.3 is 10.4 Å². The zero-order valence-electron chi connectivity index (χ0n) is 12.2. The van der Waals surface area contributed by atoms with Gasteiger partial charge in [-0.3, -0.25) is 9.59 Å². The summed E-state index contributed by atoms with van der Waals surface area (Å²) < 4.78 is 0. The normalized spacial score (nSPS) is 11.6. The average molecular weight is 297 g/mol. The molecule has 0 spiro atoms. The molecule has 0 aliphatic heterocycles. The van der Waals surface area contributed by atoms with Crippen LogP contribution in [0.15, 0.2) is 60.7 Å². The maximum absolute atomic E-state index is 11.9. The number of hydrogen-bond donors (Lipinski definition) is 2. The van der Waals surface area contributed by atoms with Crippen LogP contribution in [0.4, 0.5) is 0 Å². The second-order valence-corrected chi connectivity index (χ2v) is 5.19. The minimum atomic E-state index is -0.946. The van der Waals surface area contributed by atoms with Gasteiger partial charge in [0.15, 0.2) is 0 Å². The van der Waals surface area contributed by atoms with Gasteiger partial charge in [-0.25, -0.2) is 0 Å². The molecule has 0 unspecified atom stereocenters. The summed E-state index contributed by atoms with van der Waals surface area (Å²) in [4.78, 5) is 23.3. The van der Waals surface area contributed by atoms with E-state index < -0.39 is 11.9 Å². The third kappa shape index (κ3) is 5.05. The maximum atomic E-state index is 11.9. The van der Waals surface area contributed by atoms with Crippen molar-refractivity contribution in [3.63, 3.8) is 0 Å². The van der Waals surface area contributed by atoms with E-state index in [-0.39, 0.29) is 12.3 Å². The molecule has 114 valence electrons. The second kappa shape index (κ2) is 7.98. The molecule has 0 fully saturated rings. The number of carbonyl (C=O) groups excluding carboxylic acids is 1. The molecule has 2 aromatic rings. The Hall–Kier alpha value is -2.62. The summed E-state index contributed by atoms with van der Waals surface area (Å²) in [6.45, 7) is 0.414. The Bertz CT molecular complexity index is 611. The number of aliphatic carboxylic acids is 1. The molecule has 4 heteroatoms. The fraction of sp³-hybridized carbons (Fsp3) is 0.222. The van der Waals surface area contributed by atoms with Crippen molar-refractivity contribution in [3.8, 4) is 0 Å². The van der Waals surface area contributed by atoms with Crippen LogP contribution in [-0.2, 0) is 22.6 Å². The van der Waals surface area contributed by atoms with E-state index in [0.717, 1.165) is 11.1 Å². The van der Waals surface area contributed by atoms with Crippen molar-refractivity contribution in [2.24, 2.45) is 5.92 Å². The first-order valence-corrected chi connectivity index (χ1v) is 7.22. The number of hydrogen-bond acceptors (Lipinski definition) is 2. The molecular weight excluding hydrogens is 278 g/mol. The Morgan fingerprint density at radius 2 is 1.45 bits per heavy atom. The lowest BCUT2D eigenvalue weighted by molar-refractivity contribution is -0.144. The SMILES string of the molecule is O=C(C[C@@H](Cc1ccccc1)C(=O)O)NCc1ccccc1. The highest BCUT2D eigenvalue weighted by Gasteiger charge is 2.21. The molecule has 22 heavy (non-hydrogen) atoms. The summed E-state index contributed by atoms with van der Waals surface area (Å²) >= 11 is 0. The van der Waals surface area contributed by atoms with Gasteiger partial charge in [0, 0.05) is 13.0 Å². The molecule has 0 saturated carbocycles. The van der Waals surface area contributed by atoms with E-state index in [2.05, 4.69) is 5.32 Å².